The number of nitrogens with zero attached hydrogens (tertiary/aromatic N) is 1. The summed E-state index contributed by atoms with van der Waals surface area (Å²) in [7, 11) is -2.40. The molecule has 0 spiro atoms. The molecule has 2 heterocycles. The lowest BCUT2D eigenvalue weighted by atomic mass is 10.3. The van der Waals surface area contributed by atoms with Gasteiger partial charge in [-0.05, 0) is 65.8 Å². The lowest BCUT2D eigenvalue weighted by molar-refractivity contribution is 0.110. The van der Waals surface area contributed by atoms with E-state index in [4.69, 9.17) is 9.56 Å². The highest BCUT2D eigenvalue weighted by Crippen LogP contribution is 2.12. The third-order valence-corrected chi connectivity index (χ3v) is 5.16. The van der Waals surface area contributed by atoms with Crippen LogP contribution in [0.5, 0.6) is 0 Å². The predicted molar refractivity (Wildman–Crippen MR) is 110 cm³/mol. The minimum atomic E-state index is -1.21. The predicted octanol–water partition coefficient (Wildman–Crippen LogP) is 3.66. The van der Waals surface area contributed by atoms with Crippen molar-refractivity contribution in [1.82, 2.24) is 0 Å². The lowest BCUT2D eigenvalue weighted by Crippen LogP contribution is -2.27. The van der Waals surface area contributed by atoms with Crippen LogP contribution in [0.25, 0.3) is 0 Å². The Bertz CT molecular complexity index is 725. The quantitative estimate of drug-likeness (QED) is 0.605. The topological polar surface area (TPSA) is 116 Å². The SMILES string of the molecule is CC(C)(C)[S@@](N)=O.CC(C)(C)[S@](=O)N=Cc1ccco1.O=Cc1ccco1. The summed E-state index contributed by atoms with van der Waals surface area (Å²) in [5.41, 5.74) is 0. The van der Waals surface area contributed by atoms with Crippen LogP contribution in [0.2, 0.25) is 0 Å². The number of furan rings is 2. The van der Waals surface area contributed by atoms with E-state index in [1.165, 1.54) is 12.5 Å². The number of aldehydes is 1. The molecule has 0 saturated heterocycles. The Hall–Kier alpha value is -1.84. The summed E-state index contributed by atoms with van der Waals surface area (Å²) in [6, 6.07) is 6.81. The van der Waals surface area contributed by atoms with E-state index in [2.05, 4.69) is 8.81 Å². The van der Waals surface area contributed by atoms with Crippen LogP contribution in [0.15, 0.2) is 50.0 Å². The lowest BCUT2D eigenvalue weighted by Gasteiger charge is -2.12. The molecule has 0 aliphatic rings. The highest BCUT2D eigenvalue weighted by atomic mass is 32.2. The van der Waals surface area contributed by atoms with Gasteiger partial charge in [-0.2, -0.15) is 4.40 Å². The molecule has 2 N–H and O–H groups in total. The third-order valence-electron chi connectivity index (χ3n) is 2.61. The summed E-state index contributed by atoms with van der Waals surface area (Å²) >= 11 is 0. The molecule has 2 aromatic heterocycles. The fourth-order valence-electron chi connectivity index (χ4n) is 0.981. The first-order chi connectivity index (χ1) is 12.4. The normalized spacial score (nSPS) is 13.7. The zero-order valence-electron chi connectivity index (χ0n) is 16.5. The monoisotopic (exact) mass is 416 g/mol. The maximum atomic E-state index is 11.4. The van der Waals surface area contributed by atoms with Crippen molar-refractivity contribution in [3.8, 4) is 0 Å². The largest absolute Gasteiger partial charge is 0.463 e. The molecular weight excluding hydrogens is 388 g/mol. The fraction of sp³-hybridized carbons (Fsp3) is 0.444. The van der Waals surface area contributed by atoms with Gasteiger partial charge in [0.25, 0.3) is 0 Å². The van der Waals surface area contributed by atoms with Crippen LogP contribution in [0.4, 0.5) is 0 Å². The zero-order chi connectivity index (χ0) is 21.1. The Labute approximate surface area is 165 Å². The molecule has 0 aliphatic heterocycles. The van der Waals surface area contributed by atoms with Crippen LogP contribution in [0.3, 0.4) is 0 Å². The Balaban J connectivity index is 0.000000410. The standard InChI is InChI=1S/C9H13NO2S.C5H4O2.C4H11NOS/c1-9(2,3)13(11)10-7-8-5-4-6-12-8;6-4-5-2-1-3-7-5;1-4(2,3)7(5)6/h4-7H,1-3H3;1-4H;5H2,1-3H3/t13-;;7-/m0.0/s1. The van der Waals surface area contributed by atoms with Crippen LogP contribution in [-0.2, 0) is 22.0 Å². The van der Waals surface area contributed by atoms with Gasteiger partial charge in [-0.3, -0.25) is 9.93 Å². The van der Waals surface area contributed by atoms with Crippen molar-refractivity contribution < 1.29 is 22.0 Å². The number of hydrogen-bond acceptors (Lipinski definition) is 5. The minimum Gasteiger partial charge on any atom is -0.463 e. The van der Waals surface area contributed by atoms with Crippen molar-refractivity contribution in [3.05, 3.63) is 48.3 Å². The summed E-state index contributed by atoms with van der Waals surface area (Å²) in [6.45, 7) is 11.1. The molecule has 2 aromatic rings. The molecule has 2 rings (SSSR count). The maximum Gasteiger partial charge on any atom is 0.185 e. The molecule has 27 heavy (non-hydrogen) atoms. The average Bonchev–Trinajstić information content (AvgIpc) is 3.25. The van der Waals surface area contributed by atoms with Gasteiger partial charge in [-0.25, -0.2) is 8.42 Å². The second-order valence-corrected chi connectivity index (χ2v) is 10.9. The van der Waals surface area contributed by atoms with Crippen molar-refractivity contribution in [2.24, 2.45) is 9.54 Å². The molecule has 0 radical (unpaired) electrons. The van der Waals surface area contributed by atoms with Gasteiger partial charge < -0.3 is 8.83 Å². The van der Waals surface area contributed by atoms with Crippen molar-refractivity contribution in [1.29, 1.82) is 0 Å². The zero-order valence-corrected chi connectivity index (χ0v) is 18.1. The van der Waals surface area contributed by atoms with E-state index in [1.807, 2.05) is 41.5 Å². The number of rotatable bonds is 3. The van der Waals surface area contributed by atoms with E-state index < -0.39 is 22.0 Å². The molecule has 0 saturated carbocycles. The second-order valence-electron chi connectivity index (χ2n) is 7.15. The summed E-state index contributed by atoms with van der Waals surface area (Å²) in [6.07, 6.45) is 5.17. The minimum absolute atomic E-state index is 0.250. The van der Waals surface area contributed by atoms with Gasteiger partial charge in [0.05, 0.1) is 39.2 Å². The van der Waals surface area contributed by atoms with Gasteiger partial charge in [-0.15, -0.1) is 0 Å². The van der Waals surface area contributed by atoms with Crippen molar-refractivity contribution >= 4 is 34.5 Å². The Morgan fingerprint density at radius 2 is 1.37 bits per heavy atom. The van der Waals surface area contributed by atoms with Crippen molar-refractivity contribution in [3.63, 3.8) is 0 Å². The van der Waals surface area contributed by atoms with E-state index in [-0.39, 0.29) is 9.49 Å². The van der Waals surface area contributed by atoms with E-state index in [9.17, 15) is 13.2 Å². The molecule has 152 valence electrons. The second kappa shape index (κ2) is 11.8. The van der Waals surface area contributed by atoms with Crippen LogP contribution >= 0.6 is 0 Å². The van der Waals surface area contributed by atoms with Gasteiger partial charge in [0, 0.05) is 0 Å². The summed E-state index contributed by atoms with van der Waals surface area (Å²) in [5.74, 6) is 0.998. The number of nitrogens with two attached hydrogens (primary N) is 1. The fourth-order valence-corrected chi connectivity index (χ4v) is 1.50. The molecule has 7 nitrogen and oxygen atoms in total. The molecule has 0 fully saturated rings. The first-order valence-corrected chi connectivity index (χ1v) is 10.3. The van der Waals surface area contributed by atoms with E-state index in [0.29, 0.717) is 17.8 Å². The highest BCUT2D eigenvalue weighted by Gasteiger charge is 2.18. The Morgan fingerprint density at radius 1 is 0.926 bits per heavy atom. The molecule has 0 bridgehead atoms. The smallest absolute Gasteiger partial charge is 0.185 e. The number of hydrogen-bond donors (Lipinski definition) is 1. The third kappa shape index (κ3) is 12.2. The molecule has 0 amide bonds. The van der Waals surface area contributed by atoms with Crippen LogP contribution in [-0.4, -0.2) is 30.4 Å². The van der Waals surface area contributed by atoms with Gasteiger partial charge >= 0.3 is 0 Å². The van der Waals surface area contributed by atoms with Gasteiger partial charge in [-0.1, -0.05) is 0 Å². The van der Waals surface area contributed by atoms with Gasteiger partial charge in [0.1, 0.15) is 16.7 Å². The first kappa shape index (κ1) is 25.2. The van der Waals surface area contributed by atoms with Crippen LogP contribution < -0.4 is 5.14 Å². The number of carbonyl (C=O) groups excluding carboxylic acids is 1. The summed E-state index contributed by atoms with van der Waals surface area (Å²) < 4.78 is 34.7. The van der Waals surface area contributed by atoms with Crippen LogP contribution in [0.1, 0.15) is 57.9 Å². The highest BCUT2D eigenvalue weighted by molar-refractivity contribution is 7.85. The maximum absolute atomic E-state index is 11.4. The van der Waals surface area contributed by atoms with E-state index in [1.54, 1.807) is 30.5 Å². The molecule has 9 heteroatoms. The average molecular weight is 417 g/mol. The Morgan fingerprint density at radius 3 is 1.63 bits per heavy atom. The first-order valence-electron chi connectivity index (χ1n) is 8.02. The number of carbonyl (C=O) groups is 1. The Kier molecular flexibility index (Phi) is 11.0. The summed E-state index contributed by atoms with van der Waals surface area (Å²) in [5, 5.41) is 5.04. The van der Waals surface area contributed by atoms with Crippen LogP contribution in [0, 0.1) is 0 Å². The van der Waals surface area contributed by atoms with Gasteiger partial charge in [0.2, 0.25) is 0 Å². The van der Waals surface area contributed by atoms with Gasteiger partial charge in [0.15, 0.2) is 12.0 Å². The van der Waals surface area contributed by atoms with E-state index in [0.717, 1.165) is 0 Å². The molecule has 0 aliphatic carbocycles. The molecule has 0 unspecified atom stereocenters. The summed E-state index contributed by atoms with van der Waals surface area (Å²) in [4.78, 5) is 9.77. The molecule has 2 atom stereocenters. The molecular formula is C18H28N2O5S2. The van der Waals surface area contributed by atoms with Crippen molar-refractivity contribution in [2.75, 3.05) is 0 Å². The van der Waals surface area contributed by atoms with E-state index >= 15 is 0 Å². The molecule has 0 aromatic carbocycles. The van der Waals surface area contributed by atoms with Crippen molar-refractivity contribution in [2.45, 2.75) is 51.0 Å².